The molecule has 0 aromatic carbocycles. The summed E-state index contributed by atoms with van der Waals surface area (Å²) in [6.45, 7) is 8.25. The molecular weight excluding hydrogens is 236 g/mol. The number of hydrogen-bond donors (Lipinski definition) is 2. The van der Waals surface area contributed by atoms with Crippen LogP contribution in [-0.2, 0) is 14.3 Å². The van der Waals surface area contributed by atoms with Gasteiger partial charge in [0.25, 0.3) is 0 Å². The Kier molecular flexibility index (Phi) is 5.30. The van der Waals surface area contributed by atoms with E-state index >= 15 is 0 Å². The highest BCUT2D eigenvalue weighted by molar-refractivity contribution is 5.84. The minimum atomic E-state index is -1.01. The molecule has 18 heavy (non-hydrogen) atoms. The number of aliphatic carboxylic acids is 1. The predicted octanol–water partition coefficient (Wildman–Crippen LogP) is -0.149. The van der Waals surface area contributed by atoms with Crippen LogP contribution in [0.25, 0.3) is 0 Å². The Labute approximate surface area is 107 Å². The van der Waals surface area contributed by atoms with Gasteiger partial charge in [-0.2, -0.15) is 0 Å². The maximum atomic E-state index is 12.0. The molecule has 0 saturated carbocycles. The van der Waals surface area contributed by atoms with Crippen molar-refractivity contribution in [2.75, 3.05) is 19.8 Å². The van der Waals surface area contributed by atoms with E-state index in [1.165, 1.54) is 6.08 Å². The van der Waals surface area contributed by atoms with Crippen LogP contribution in [0.4, 0.5) is 0 Å². The first-order valence-electron chi connectivity index (χ1n) is 5.96. The highest BCUT2D eigenvalue weighted by Gasteiger charge is 2.36. The van der Waals surface area contributed by atoms with Crippen molar-refractivity contribution < 1.29 is 19.4 Å². The maximum absolute atomic E-state index is 12.0. The van der Waals surface area contributed by atoms with Crippen LogP contribution in [0, 0.1) is 0 Å². The molecule has 102 valence electrons. The fourth-order valence-electron chi connectivity index (χ4n) is 1.93. The molecule has 0 bridgehead atoms. The lowest BCUT2D eigenvalue weighted by molar-refractivity contribution is -0.148. The number of nitrogens with zero attached hydrogens (tertiary/aromatic N) is 1. The van der Waals surface area contributed by atoms with E-state index in [-0.39, 0.29) is 18.6 Å². The smallest absolute Gasteiger partial charge is 0.324 e. The van der Waals surface area contributed by atoms with Gasteiger partial charge in [-0.05, 0) is 13.8 Å². The number of morpholine rings is 1. The van der Waals surface area contributed by atoms with Crippen LogP contribution >= 0.6 is 0 Å². The molecule has 0 radical (unpaired) electrons. The van der Waals surface area contributed by atoms with Gasteiger partial charge in [0, 0.05) is 12.6 Å². The zero-order valence-corrected chi connectivity index (χ0v) is 10.8. The van der Waals surface area contributed by atoms with E-state index in [0.717, 1.165) is 0 Å². The first-order chi connectivity index (χ1) is 8.47. The Morgan fingerprint density at radius 1 is 1.56 bits per heavy atom. The minimum absolute atomic E-state index is 0.00767. The normalized spacial score (nSPS) is 22.5. The molecule has 1 heterocycles. The summed E-state index contributed by atoms with van der Waals surface area (Å²) < 4.78 is 5.26. The van der Waals surface area contributed by atoms with E-state index in [4.69, 9.17) is 9.84 Å². The summed E-state index contributed by atoms with van der Waals surface area (Å²) in [5, 5.41) is 11.9. The second kappa shape index (κ2) is 6.51. The molecule has 2 unspecified atom stereocenters. The van der Waals surface area contributed by atoms with Gasteiger partial charge in [0.05, 0.1) is 13.2 Å². The summed E-state index contributed by atoms with van der Waals surface area (Å²) in [6, 6.07) is -1.44. The van der Waals surface area contributed by atoms with Gasteiger partial charge in [-0.3, -0.25) is 14.5 Å². The van der Waals surface area contributed by atoms with Crippen molar-refractivity contribution in [1.82, 2.24) is 10.2 Å². The van der Waals surface area contributed by atoms with E-state index in [9.17, 15) is 9.59 Å². The third-order valence-electron chi connectivity index (χ3n) is 2.74. The van der Waals surface area contributed by atoms with Gasteiger partial charge in [-0.15, -0.1) is 6.58 Å². The number of carboxylic acid groups (broad SMARTS) is 1. The molecule has 1 aliphatic rings. The third kappa shape index (κ3) is 3.54. The molecule has 2 N–H and O–H groups in total. The van der Waals surface area contributed by atoms with Crippen molar-refractivity contribution >= 4 is 11.9 Å². The fourth-order valence-corrected chi connectivity index (χ4v) is 1.93. The first kappa shape index (κ1) is 14.7. The molecule has 0 aromatic heterocycles. The van der Waals surface area contributed by atoms with Crippen molar-refractivity contribution in [3.63, 3.8) is 0 Å². The molecular formula is C12H20N2O4. The number of carbonyl (C=O) groups excluding carboxylic acids is 1. The van der Waals surface area contributed by atoms with E-state index in [0.29, 0.717) is 13.2 Å². The van der Waals surface area contributed by atoms with Crippen molar-refractivity contribution in [3.8, 4) is 0 Å². The lowest BCUT2D eigenvalue weighted by atomic mass is 10.1. The van der Waals surface area contributed by atoms with Gasteiger partial charge < -0.3 is 15.2 Å². The zero-order chi connectivity index (χ0) is 13.7. The van der Waals surface area contributed by atoms with Crippen LogP contribution in [0.3, 0.4) is 0 Å². The highest BCUT2D eigenvalue weighted by Crippen LogP contribution is 2.13. The lowest BCUT2D eigenvalue weighted by Gasteiger charge is -2.37. The largest absolute Gasteiger partial charge is 0.480 e. The lowest BCUT2D eigenvalue weighted by Crippen LogP contribution is -2.59. The predicted molar refractivity (Wildman–Crippen MR) is 66.2 cm³/mol. The average molecular weight is 256 g/mol. The molecule has 0 aromatic rings. The number of carbonyl (C=O) groups is 2. The molecule has 1 rings (SSSR count). The molecule has 1 saturated heterocycles. The minimum Gasteiger partial charge on any atom is -0.480 e. The SMILES string of the molecule is C=CC(C(=O)O)N1CCOCC1C(=O)NC(C)C. The van der Waals surface area contributed by atoms with E-state index in [1.807, 2.05) is 13.8 Å². The molecule has 0 aliphatic carbocycles. The van der Waals surface area contributed by atoms with E-state index < -0.39 is 18.1 Å². The van der Waals surface area contributed by atoms with Gasteiger partial charge in [-0.1, -0.05) is 6.08 Å². The summed E-state index contributed by atoms with van der Waals surface area (Å²) in [6.07, 6.45) is 1.34. The Morgan fingerprint density at radius 2 is 2.22 bits per heavy atom. The van der Waals surface area contributed by atoms with E-state index in [1.54, 1.807) is 4.90 Å². The third-order valence-corrected chi connectivity index (χ3v) is 2.74. The number of rotatable bonds is 5. The number of carboxylic acids is 1. The topological polar surface area (TPSA) is 78.9 Å². The number of hydrogen-bond acceptors (Lipinski definition) is 4. The maximum Gasteiger partial charge on any atom is 0.324 e. The summed E-state index contributed by atoms with van der Waals surface area (Å²) in [7, 11) is 0. The average Bonchev–Trinajstić information content (AvgIpc) is 2.29. The van der Waals surface area contributed by atoms with Gasteiger partial charge in [-0.25, -0.2) is 0 Å². The highest BCUT2D eigenvalue weighted by atomic mass is 16.5. The van der Waals surface area contributed by atoms with Gasteiger partial charge in [0.15, 0.2) is 0 Å². The second-order valence-corrected chi connectivity index (χ2v) is 4.51. The quantitative estimate of drug-likeness (QED) is 0.669. The standard InChI is InChI=1S/C12H20N2O4/c1-4-9(12(16)17)14-5-6-18-7-10(14)11(15)13-8(2)3/h4,8-10H,1,5-7H2,2-3H3,(H,13,15)(H,16,17). The van der Waals surface area contributed by atoms with Crippen molar-refractivity contribution in [1.29, 1.82) is 0 Å². The van der Waals surface area contributed by atoms with Crippen LogP contribution in [0.15, 0.2) is 12.7 Å². The molecule has 1 amide bonds. The summed E-state index contributed by atoms with van der Waals surface area (Å²) >= 11 is 0. The summed E-state index contributed by atoms with van der Waals surface area (Å²) in [5.74, 6) is -1.22. The number of nitrogens with one attached hydrogen (secondary N) is 1. The van der Waals surface area contributed by atoms with Crippen LogP contribution in [0.2, 0.25) is 0 Å². The van der Waals surface area contributed by atoms with Crippen molar-refractivity contribution in [2.24, 2.45) is 0 Å². The molecule has 2 atom stereocenters. The zero-order valence-electron chi connectivity index (χ0n) is 10.8. The molecule has 0 spiro atoms. The number of amides is 1. The van der Waals surface area contributed by atoms with Crippen LogP contribution in [-0.4, -0.2) is 59.8 Å². The van der Waals surface area contributed by atoms with Crippen molar-refractivity contribution in [3.05, 3.63) is 12.7 Å². The Balaban J connectivity index is 2.81. The van der Waals surface area contributed by atoms with Crippen LogP contribution < -0.4 is 5.32 Å². The molecule has 6 heteroatoms. The fraction of sp³-hybridized carbons (Fsp3) is 0.667. The summed E-state index contributed by atoms with van der Waals surface area (Å²) in [4.78, 5) is 24.7. The Morgan fingerprint density at radius 3 is 2.72 bits per heavy atom. The molecule has 6 nitrogen and oxygen atoms in total. The van der Waals surface area contributed by atoms with Gasteiger partial charge >= 0.3 is 5.97 Å². The first-order valence-corrected chi connectivity index (χ1v) is 5.96. The monoisotopic (exact) mass is 256 g/mol. The second-order valence-electron chi connectivity index (χ2n) is 4.51. The van der Waals surface area contributed by atoms with Crippen LogP contribution in [0.1, 0.15) is 13.8 Å². The molecule has 1 aliphatic heterocycles. The van der Waals surface area contributed by atoms with Crippen LogP contribution in [0.5, 0.6) is 0 Å². The molecule has 1 fully saturated rings. The number of ether oxygens (including phenoxy) is 1. The van der Waals surface area contributed by atoms with Gasteiger partial charge in [0.1, 0.15) is 12.1 Å². The van der Waals surface area contributed by atoms with E-state index in [2.05, 4.69) is 11.9 Å². The Hall–Kier alpha value is -1.40. The van der Waals surface area contributed by atoms with Gasteiger partial charge in [0.2, 0.25) is 5.91 Å². The Bertz CT molecular complexity index is 330. The summed E-state index contributed by atoms with van der Waals surface area (Å²) in [5.41, 5.74) is 0. The van der Waals surface area contributed by atoms with Crippen molar-refractivity contribution in [2.45, 2.75) is 32.0 Å².